The van der Waals surface area contributed by atoms with Gasteiger partial charge in [0.1, 0.15) is 0 Å². The maximum atomic E-state index is 3.89. The van der Waals surface area contributed by atoms with Crippen molar-refractivity contribution in [1.29, 1.82) is 0 Å². The van der Waals surface area contributed by atoms with Gasteiger partial charge in [0.2, 0.25) is 0 Å². The number of fused-ring (bicyclic) bond motifs is 8. The molecule has 3 aliphatic rings. The Morgan fingerprint density at radius 3 is 1.12 bits per heavy atom. The quantitative estimate of drug-likeness (QED) is 0.218. The first-order valence-electron chi connectivity index (χ1n) is 17.1. The van der Waals surface area contributed by atoms with E-state index in [9.17, 15) is 0 Å². The number of H-pyrrole nitrogens is 4. The molecule has 3 aliphatic heterocycles. The summed E-state index contributed by atoms with van der Waals surface area (Å²) in [6, 6.07) is 39.0. The number of rotatable bonds is 4. The number of hydrogen-bond acceptors (Lipinski definition) is 2. The van der Waals surface area contributed by atoms with Crippen LogP contribution in [0.2, 0.25) is 0 Å². The molecule has 6 nitrogen and oxygen atoms in total. The van der Waals surface area contributed by atoms with Crippen LogP contribution in [0.4, 0.5) is 0 Å². The minimum absolute atomic E-state index is 0.844. The van der Waals surface area contributed by atoms with Gasteiger partial charge < -0.3 is 29.7 Å². The molecule has 0 fully saturated rings. The highest BCUT2D eigenvalue weighted by atomic mass is 15.1. The lowest BCUT2D eigenvalue weighted by Gasteiger charge is -2.19. The van der Waals surface area contributed by atoms with Crippen LogP contribution in [0.5, 0.6) is 0 Å². The zero-order chi connectivity index (χ0) is 33.6. The topological polar surface area (TPSA) is 69.6 Å². The highest BCUT2D eigenvalue weighted by Gasteiger charge is 2.19. The number of allylic oxidation sites excluding steroid dienone is 4. The van der Waals surface area contributed by atoms with E-state index in [1.165, 1.54) is 11.1 Å². The summed E-state index contributed by atoms with van der Waals surface area (Å²) in [4.78, 5) is 19.9. The van der Waals surface area contributed by atoms with Gasteiger partial charge in [0.25, 0.3) is 0 Å². The molecular weight excluding hydrogens is 613 g/mol. The third-order valence-corrected chi connectivity index (χ3v) is 9.82. The Morgan fingerprint density at radius 2 is 0.760 bits per heavy atom. The molecule has 8 bridgehead atoms. The summed E-state index contributed by atoms with van der Waals surface area (Å²) in [5.74, 6) is 0. The highest BCUT2D eigenvalue weighted by molar-refractivity contribution is 5.86. The molecule has 6 aromatic rings. The van der Waals surface area contributed by atoms with E-state index in [1.807, 2.05) is 0 Å². The van der Waals surface area contributed by atoms with Gasteiger partial charge in [0, 0.05) is 93.6 Å². The summed E-state index contributed by atoms with van der Waals surface area (Å²) >= 11 is 0. The third-order valence-electron chi connectivity index (χ3n) is 9.82. The molecule has 0 saturated heterocycles. The van der Waals surface area contributed by atoms with E-state index in [2.05, 4.69) is 190 Å². The van der Waals surface area contributed by atoms with Gasteiger partial charge in [0.05, 0.1) is 0 Å². The van der Waals surface area contributed by atoms with Crippen LogP contribution in [0.15, 0.2) is 157 Å². The maximum Gasteiger partial charge on any atom is 0.0485 e. The summed E-state index contributed by atoms with van der Waals surface area (Å²) < 4.78 is 0. The SMILES string of the molecule is CN1C=CC(C2=c3ccc([nH]3)=C(c3ccccc3)c3ccc([nH]3)C(c3ccccc3)=c3ccc([nH]3)=C(C3=CCN(C)C=C3)c3ccc2[nH]3)=CC1. The van der Waals surface area contributed by atoms with Gasteiger partial charge in [-0.1, -0.05) is 72.8 Å². The molecule has 4 N–H and O–H groups in total. The van der Waals surface area contributed by atoms with Gasteiger partial charge in [-0.25, -0.2) is 0 Å². The van der Waals surface area contributed by atoms with E-state index in [0.29, 0.717) is 0 Å². The lowest BCUT2D eigenvalue weighted by atomic mass is 10.0. The number of aromatic amines is 4. The summed E-state index contributed by atoms with van der Waals surface area (Å²) in [5, 5.41) is 4.20. The molecule has 244 valence electrons. The maximum absolute atomic E-state index is 3.89. The average Bonchev–Trinajstić information content (AvgIpc) is 3.98. The fourth-order valence-electron chi connectivity index (χ4n) is 7.31. The Kier molecular flexibility index (Phi) is 7.28. The zero-order valence-electron chi connectivity index (χ0n) is 28.2. The van der Waals surface area contributed by atoms with Crippen LogP contribution in [-0.2, 0) is 0 Å². The molecule has 6 heteroatoms. The van der Waals surface area contributed by atoms with Gasteiger partial charge in [-0.15, -0.1) is 0 Å². The van der Waals surface area contributed by atoms with Crippen molar-refractivity contribution in [2.24, 2.45) is 0 Å². The fourth-order valence-corrected chi connectivity index (χ4v) is 7.31. The van der Waals surface area contributed by atoms with Gasteiger partial charge in [-0.2, -0.15) is 0 Å². The lowest BCUT2D eigenvalue weighted by molar-refractivity contribution is 0.503. The third kappa shape index (κ3) is 5.31. The van der Waals surface area contributed by atoms with E-state index < -0.39 is 0 Å². The average molecular weight is 651 g/mol. The Bertz CT molecular complexity index is 2440. The van der Waals surface area contributed by atoms with Gasteiger partial charge in [-0.05, 0) is 95.4 Å². The molecule has 2 aromatic carbocycles. The van der Waals surface area contributed by atoms with E-state index in [-0.39, 0.29) is 0 Å². The number of benzene rings is 2. The molecule has 0 radical (unpaired) electrons. The standard InChI is InChI=1S/C44H38N6/c1-49-25-21-31(22-26-49)43-37-17-15-35(46-37)41(29-9-5-3-6-10-29)33-13-14-34(45-33)42(30-11-7-4-8-12-30)36-16-18-38(47-36)44(40-20-19-39(43)48-40)32-23-27-50(2)28-24-32/h3-25,27,45-48H,26,28H2,1-2H3. The highest BCUT2D eigenvalue weighted by Crippen LogP contribution is 2.29. The predicted molar refractivity (Wildman–Crippen MR) is 203 cm³/mol. The molecule has 0 unspecified atom stereocenters. The van der Waals surface area contributed by atoms with Crippen molar-refractivity contribution in [3.63, 3.8) is 0 Å². The second-order valence-electron chi connectivity index (χ2n) is 13.2. The van der Waals surface area contributed by atoms with E-state index in [0.717, 1.165) is 90.7 Å². The normalized spacial score (nSPS) is 15.9. The largest absolute Gasteiger partial charge is 0.377 e. The van der Waals surface area contributed by atoms with Crippen molar-refractivity contribution in [2.45, 2.75) is 0 Å². The first-order chi connectivity index (χ1) is 24.6. The fraction of sp³-hybridized carbons (Fsp3) is 0.0909. The number of hydrogen-bond donors (Lipinski definition) is 4. The van der Waals surface area contributed by atoms with Crippen LogP contribution in [0.1, 0.15) is 33.9 Å². The summed E-state index contributed by atoms with van der Waals surface area (Å²) in [6.45, 7) is 1.69. The Labute approximate surface area is 290 Å². The van der Waals surface area contributed by atoms with Crippen molar-refractivity contribution in [3.05, 3.63) is 212 Å². The van der Waals surface area contributed by atoms with Crippen molar-refractivity contribution < 1.29 is 0 Å². The van der Waals surface area contributed by atoms with Crippen LogP contribution >= 0.6 is 0 Å². The van der Waals surface area contributed by atoms with Gasteiger partial charge in [0.15, 0.2) is 0 Å². The summed E-state index contributed by atoms with van der Waals surface area (Å²) in [6.07, 6.45) is 13.3. The van der Waals surface area contributed by atoms with Crippen molar-refractivity contribution in [2.75, 3.05) is 27.2 Å². The Balaban J connectivity index is 1.41. The molecule has 9 rings (SSSR count). The predicted octanol–water partition coefficient (Wildman–Crippen LogP) is 4.98. The monoisotopic (exact) mass is 650 g/mol. The van der Waals surface area contributed by atoms with Crippen LogP contribution in [-0.4, -0.2) is 56.9 Å². The zero-order valence-corrected chi connectivity index (χ0v) is 28.2. The molecule has 4 aromatic heterocycles. The molecule has 0 atom stereocenters. The van der Waals surface area contributed by atoms with Crippen LogP contribution in [0, 0.1) is 0 Å². The molecule has 0 spiro atoms. The summed E-state index contributed by atoms with van der Waals surface area (Å²) in [5.41, 5.74) is 13.3. The molecule has 0 saturated carbocycles. The number of likely N-dealkylation sites (N-methyl/N-ethyl adjacent to an activating group) is 2. The second-order valence-corrected chi connectivity index (χ2v) is 13.2. The lowest BCUT2D eigenvalue weighted by Crippen LogP contribution is -2.21. The first kappa shape index (κ1) is 29.7. The Morgan fingerprint density at radius 1 is 0.400 bits per heavy atom. The molecule has 7 heterocycles. The minimum atomic E-state index is 0.844. The van der Waals surface area contributed by atoms with Crippen molar-refractivity contribution in [3.8, 4) is 0 Å². The smallest absolute Gasteiger partial charge is 0.0485 e. The van der Waals surface area contributed by atoms with Crippen molar-refractivity contribution in [1.82, 2.24) is 29.7 Å². The summed E-state index contributed by atoms with van der Waals surface area (Å²) in [7, 11) is 4.21. The Hall–Kier alpha value is -6.40. The van der Waals surface area contributed by atoms with Crippen LogP contribution < -0.4 is 21.4 Å². The molecule has 50 heavy (non-hydrogen) atoms. The van der Waals surface area contributed by atoms with Gasteiger partial charge >= 0.3 is 0 Å². The molecule has 0 aliphatic carbocycles. The van der Waals surface area contributed by atoms with E-state index in [4.69, 9.17) is 0 Å². The number of aromatic nitrogens is 4. The van der Waals surface area contributed by atoms with Gasteiger partial charge in [-0.3, -0.25) is 0 Å². The van der Waals surface area contributed by atoms with E-state index >= 15 is 0 Å². The first-order valence-corrected chi connectivity index (χ1v) is 17.1. The van der Waals surface area contributed by atoms with Crippen LogP contribution in [0.25, 0.3) is 22.3 Å². The van der Waals surface area contributed by atoms with E-state index in [1.54, 1.807) is 0 Å². The van der Waals surface area contributed by atoms with Crippen molar-refractivity contribution >= 4 is 22.3 Å². The van der Waals surface area contributed by atoms with Crippen LogP contribution in [0.3, 0.4) is 0 Å². The number of nitrogens with zero attached hydrogens (tertiary/aromatic N) is 2. The molecular formula is C44H38N6. The minimum Gasteiger partial charge on any atom is -0.377 e. The second kappa shape index (κ2) is 12.2. The molecule has 0 amide bonds. The number of nitrogens with one attached hydrogen (secondary N) is 4.